The molecular formula is C26H28N2O2S2. The lowest BCUT2D eigenvalue weighted by molar-refractivity contribution is -0.119. The van der Waals surface area contributed by atoms with Crippen LogP contribution < -0.4 is 10.6 Å². The van der Waals surface area contributed by atoms with Crippen molar-refractivity contribution >= 4 is 35.3 Å². The Bertz CT molecular complexity index is 954. The van der Waals surface area contributed by atoms with Crippen molar-refractivity contribution in [1.82, 2.24) is 10.6 Å². The molecule has 0 aliphatic heterocycles. The minimum Gasteiger partial charge on any atom is -0.351 e. The molecule has 3 aromatic carbocycles. The van der Waals surface area contributed by atoms with E-state index in [0.717, 1.165) is 20.9 Å². The van der Waals surface area contributed by atoms with Crippen LogP contribution in [0.15, 0.2) is 82.6 Å². The van der Waals surface area contributed by atoms with Crippen LogP contribution in [0.4, 0.5) is 0 Å². The van der Waals surface area contributed by atoms with Crippen molar-refractivity contribution in [1.29, 1.82) is 0 Å². The molecule has 3 aromatic rings. The van der Waals surface area contributed by atoms with E-state index in [0.29, 0.717) is 24.6 Å². The van der Waals surface area contributed by atoms with E-state index < -0.39 is 0 Å². The Labute approximate surface area is 198 Å². The highest BCUT2D eigenvalue weighted by Crippen LogP contribution is 2.19. The average Bonchev–Trinajstić information content (AvgIpc) is 2.81. The fraction of sp³-hybridized carbons (Fsp3) is 0.231. The van der Waals surface area contributed by atoms with Crippen molar-refractivity contribution in [2.24, 2.45) is 0 Å². The van der Waals surface area contributed by atoms with Crippen LogP contribution in [0.3, 0.4) is 0 Å². The van der Waals surface area contributed by atoms with Crippen LogP contribution in [0.1, 0.15) is 22.3 Å². The maximum atomic E-state index is 12.2. The van der Waals surface area contributed by atoms with E-state index in [9.17, 15) is 9.59 Å². The molecule has 2 amide bonds. The van der Waals surface area contributed by atoms with Crippen LogP contribution in [0.5, 0.6) is 0 Å². The summed E-state index contributed by atoms with van der Waals surface area (Å²) < 4.78 is 0. The van der Waals surface area contributed by atoms with Crippen molar-refractivity contribution in [2.45, 2.75) is 36.7 Å². The molecule has 2 N–H and O–H groups in total. The first kappa shape index (κ1) is 24.0. The summed E-state index contributed by atoms with van der Waals surface area (Å²) in [6.45, 7) is 5.03. The standard InChI is InChI=1S/C26H28N2O2S2/c1-19-6-10-23(11-7-19)31-17-25(29)27-15-21-4-3-5-22(14-21)16-28-26(30)18-32-24-12-8-20(2)9-13-24/h3-14H,15-18H2,1-2H3,(H,27,29)(H,28,30). The van der Waals surface area contributed by atoms with Gasteiger partial charge >= 0.3 is 0 Å². The smallest absolute Gasteiger partial charge is 0.230 e. The fourth-order valence-corrected chi connectivity index (χ4v) is 4.38. The first-order chi connectivity index (χ1) is 15.5. The van der Waals surface area contributed by atoms with Crippen LogP contribution in [0.2, 0.25) is 0 Å². The fourth-order valence-electron chi connectivity index (χ4n) is 2.92. The Morgan fingerprint density at radius 3 is 1.47 bits per heavy atom. The van der Waals surface area contributed by atoms with Gasteiger partial charge in [0.15, 0.2) is 0 Å². The lowest BCUT2D eigenvalue weighted by Crippen LogP contribution is -2.25. The molecule has 0 radical (unpaired) electrons. The number of nitrogens with one attached hydrogen (secondary N) is 2. The largest absolute Gasteiger partial charge is 0.351 e. The van der Waals surface area contributed by atoms with Gasteiger partial charge in [0.05, 0.1) is 11.5 Å². The summed E-state index contributed by atoms with van der Waals surface area (Å²) in [5.74, 6) is 0.777. The molecule has 0 atom stereocenters. The molecule has 4 nitrogen and oxygen atoms in total. The predicted octanol–water partition coefficient (Wildman–Crippen LogP) is 5.12. The number of carbonyl (C=O) groups is 2. The van der Waals surface area contributed by atoms with Gasteiger partial charge in [-0.05, 0) is 49.2 Å². The molecule has 0 aromatic heterocycles. The zero-order valence-electron chi connectivity index (χ0n) is 18.4. The predicted molar refractivity (Wildman–Crippen MR) is 134 cm³/mol. The number of amides is 2. The van der Waals surface area contributed by atoms with Gasteiger partial charge in [0.2, 0.25) is 11.8 Å². The Hall–Kier alpha value is -2.70. The van der Waals surface area contributed by atoms with Gasteiger partial charge in [-0.3, -0.25) is 9.59 Å². The molecule has 32 heavy (non-hydrogen) atoms. The summed E-state index contributed by atoms with van der Waals surface area (Å²) in [5, 5.41) is 5.93. The third-order valence-electron chi connectivity index (χ3n) is 4.75. The van der Waals surface area contributed by atoms with Crippen LogP contribution in [-0.2, 0) is 22.7 Å². The summed E-state index contributed by atoms with van der Waals surface area (Å²) in [7, 11) is 0. The molecule has 0 spiro atoms. The molecule has 0 aliphatic rings. The molecule has 0 saturated carbocycles. The average molecular weight is 465 g/mol. The lowest BCUT2D eigenvalue weighted by Gasteiger charge is -2.09. The Morgan fingerprint density at radius 2 is 1.06 bits per heavy atom. The Balaban J connectivity index is 1.38. The number of hydrogen-bond donors (Lipinski definition) is 2. The number of carbonyl (C=O) groups excluding carboxylic acids is 2. The van der Waals surface area contributed by atoms with E-state index in [1.807, 2.05) is 86.6 Å². The van der Waals surface area contributed by atoms with Crippen LogP contribution in [0.25, 0.3) is 0 Å². The molecular weight excluding hydrogens is 436 g/mol. The van der Waals surface area contributed by atoms with Gasteiger partial charge in [0, 0.05) is 22.9 Å². The number of hydrogen-bond acceptors (Lipinski definition) is 4. The highest BCUT2D eigenvalue weighted by Gasteiger charge is 2.06. The second-order valence-corrected chi connectivity index (χ2v) is 9.67. The molecule has 6 heteroatoms. The van der Waals surface area contributed by atoms with Gasteiger partial charge in [0.25, 0.3) is 0 Å². The SMILES string of the molecule is Cc1ccc(SCC(=O)NCc2cccc(CNC(=O)CSc3ccc(C)cc3)c2)cc1. The van der Waals surface area contributed by atoms with E-state index in [4.69, 9.17) is 0 Å². The summed E-state index contributed by atoms with van der Waals surface area (Å²) >= 11 is 3.06. The second kappa shape index (κ2) is 12.4. The van der Waals surface area contributed by atoms with Crippen molar-refractivity contribution in [3.05, 3.63) is 95.1 Å². The molecule has 0 fully saturated rings. The van der Waals surface area contributed by atoms with Gasteiger partial charge in [-0.1, -0.05) is 59.7 Å². The Kier molecular flexibility index (Phi) is 9.26. The van der Waals surface area contributed by atoms with Gasteiger partial charge in [0.1, 0.15) is 0 Å². The van der Waals surface area contributed by atoms with E-state index in [1.54, 1.807) is 0 Å². The van der Waals surface area contributed by atoms with E-state index >= 15 is 0 Å². The van der Waals surface area contributed by atoms with Gasteiger partial charge in [-0.2, -0.15) is 0 Å². The van der Waals surface area contributed by atoms with Crippen LogP contribution in [0, 0.1) is 13.8 Å². The Morgan fingerprint density at radius 1 is 0.656 bits per heavy atom. The van der Waals surface area contributed by atoms with Gasteiger partial charge in [-0.15, -0.1) is 23.5 Å². The van der Waals surface area contributed by atoms with Crippen molar-refractivity contribution < 1.29 is 9.59 Å². The number of rotatable bonds is 10. The topological polar surface area (TPSA) is 58.2 Å². The van der Waals surface area contributed by atoms with Gasteiger partial charge < -0.3 is 10.6 Å². The van der Waals surface area contributed by atoms with Crippen LogP contribution in [-0.4, -0.2) is 23.3 Å². The summed E-state index contributed by atoms with van der Waals surface area (Å²) in [6, 6.07) is 24.2. The van der Waals surface area contributed by atoms with Gasteiger partial charge in [-0.25, -0.2) is 0 Å². The third-order valence-corrected chi connectivity index (χ3v) is 6.78. The zero-order valence-corrected chi connectivity index (χ0v) is 20.0. The number of thioether (sulfide) groups is 2. The summed E-state index contributed by atoms with van der Waals surface area (Å²) in [5.41, 5.74) is 4.44. The zero-order chi connectivity index (χ0) is 22.8. The first-order valence-corrected chi connectivity index (χ1v) is 12.5. The highest BCUT2D eigenvalue weighted by atomic mass is 32.2. The van der Waals surface area contributed by atoms with Crippen molar-refractivity contribution in [2.75, 3.05) is 11.5 Å². The van der Waals surface area contributed by atoms with E-state index in [-0.39, 0.29) is 11.8 Å². The molecule has 166 valence electrons. The van der Waals surface area contributed by atoms with E-state index in [2.05, 4.69) is 10.6 Å². The summed E-state index contributed by atoms with van der Waals surface area (Å²) in [6.07, 6.45) is 0. The van der Waals surface area contributed by atoms with E-state index in [1.165, 1.54) is 34.7 Å². The number of aryl methyl sites for hydroxylation is 2. The summed E-state index contributed by atoms with van der Waals surface area (Å²) in [4.78, 5) is 26.5. The lowest BCUT2D eigenvalue weighted by atomic mass is 10.1. The van der Waals surface area contributed by atoms with Crippen LogP contribution >= 0.6 is 23.5 Å². The second-order valence-electron chi connectivity index (χ2n) is 7.58. The monoisotopic (exact) mass is 464 g/mol. The molecule has 0 saturated heterocycles. The van der Waals surface area contributed by atoms with Crippen molar-refractivity contribution in [3.8, 4) is 0 Å². The maximum Gasteiger partial charge on any atom is 0.230 e. The number of benzene rings is 3. The first-order valence-electron chi connectivity index (χ1n) is 10.5. The minimum atomic E-state index is 0.00223. The minimum absolute atomic E-state index is 0.00223. The maximum absolute atomic E-state index is 12.2. The third kappa shape index (κ3) is 8.44. The molecule has 0 aliphatic carbocycles. The highest BCUT2D eigenvalue weighted by molar-refractivity contribution is 8.00. The molecule has 0 heterocycles. The quantitative estimate of drug-likeness (QED) is 0.409. The molecule has 0 unspecified atom stereocenters. The molecule has 3 rings (SSSR count). The molecule has 0 bridgehead atoms. The van der Waals surface area contributed by atoms with Crippen molar-refractivity contribution in [3.63, 3.8) is 0 Å². The normalized spacial score (nSPS) is 10.6.